The number of nitrogens with one attached hydrogen (secondary N) is 1. The van der Waals surface area contributed by atoms with Crippen molar-refractivity contribution in [3.8, 4) is 17.5 Å². The van der Waals surface area contributed by atoms with Crippen LogP contribution in [-0.2, 0) is 6.18 Å². The van der Waals surface area contributed by atoms with Crippen molar-refractivity contribution in [3.05, 3.63) is 48.0 Å². The van der Waals surface area contributed by atoms with Crippen LogP contribution in [0.2, 0.25) is 0 Å². The molecule has 0 aliphatic rings. The van der Waals surface area contributed by atoms with Gasteiger partial charge in [-0.05, 0) is 24.3 Å². The lowest BCUT2D eigenvalue weighted by molar-refractivity contribution is -0.141. The predicted octanol–water partition coefficient (Wildman–Crippen LogP) is 3.16. The van der Waals surface area contributed by atoms with Crippen molar-refractivity contribution >= 4 is 11.7 Å². The fourth-order valence-corrected chi connectivity index (χ4v) is 1.72. The van der Waals surface area contributed by atoms with Gasteiger partial charge in [0.15, 0.2) is 11.5 Å². The quantitative estimate of drug-likeness (QED) is 0.786. The average Bonchev–Trinajstić information content (AvgIpc) is 3.03. The molecule has 0 amide bonds. The van der Waals surface area contributed by atoms with E-state index in [9.17, 15) is 13.2 Å². The third-order valence-corrected chi connectivity index (χ3v) is 2.84. The van der Waals surface area contributed by atoms with Crippen LogP contribution in [0, 0.1) is 11.3 Å². The summed E-state index contributed by atoms with van der Waals surface area (Å²) in [6.45, 7) is 0. The van der Waals surface area contributed by atoms with Crippen molar-refractivity contribution in [2.24, 2.45) is 0 Å². The van der Waals surface area contributed by atoms with Crippen LogP contribution in [0.3, 0.4) is 0 Å². The molecule has 3 aromatic heterocycles. The van der Waals surface area contributed by atoms with Crippen LogP contribution in [-0.4, -0.2) is 20.2 Å². The van der Waals surface area contributed by atoms with Gasteiger partial charge in [0.1, 0.15) is 17.5 Å². The number of alkyl halides is 3. The first-order chi connectivity index (χ1) is 11.5. The molecule has 3 heterocycles. The predicted molar refractivity (Wildman–Crippen MR) is 74.8 cm³/mol. The second kappa shape index (κ2) is 5.96. The molecule has 0 bridgehead atoms. The van der Waals surface area contributed by atoms with E-state index in [2.05, 4.69) is 25.5 Å². The fourth-order valence-electron chi connectivity index (χ4n) is 1.72. The Morgan fingerprint density at radius 1 is 1.04 bits per heavy atom. The molecule has 0 atom stereocenters. The molecule has 120 valence electrons. The van der Waals surface area contributed by atoms with Gasteiger partial charge in [-0.2, -0.15) is 18.4 Å². The van der Waals surface area contributed by atoms with Crippen molar-refractivity contribution in [1.29, 1.82) is 5.26 Å². The monoisotopic (exact) mass is 332 g/mol. The first-order valence-electron chi connectivity index (χ1n) is 6.46. The van der Waals surface area contributed by atoms with Gasteiger partial charge in [0.2, 0.25) is 0 Å². The maximum Gasteiger partial charge on any atom is 0.435 e. The molecule has 0 fully saturated rings. The van der Waals surface area contributed by atoms with E-state index >= 15 is 0 Å². The summed E-state index contributed by atoms with van der Waals surface area (Å²) in [4.78, 5) is 7.81. The van der Waals surface area contributed by atoms with Crippen molar-refractivity contribution in [3.63, 3.8) is 0 Å². The van der Waals surface area contributed by atoms with Gasteiger partial charge in [0.25, 0.3) is 6.01 Å². The van der Waals surface area contributed by atoms with Gasteiger partial charge in [0, 0.05) is 0 Å². The number of pyridine rings is 1. The first kappa shape index (κ1) is 15.4. The van der Waals surface area contributed by atoms with Gasteiger partial charge in [-0.3, -0.25) is 0 Å². The molecule has 0 saturated heterocycles. The molecular weight excluding hydrogens is 325 g/mol. The third kappa shape index (κ3) is 3.30. The molecule has 0 aliphatic heterocycles. The number of nitriles is 1. The van der Waals surface area contributed by atoms with E-state index in [4.69, 9.17) is 9.68 Å². The largest absolute Gasteiger partial charge is 0.435 e. The minimum Gasteiger partial charge on any atom is -0.422 e. The Morgan fingerprint density at radius 2 is 1.88 bits per heavy atom. The van der Waals surface area contributed by atoms with Gasteiger partial charge in [0.05, 0.1) is 18.1 Å². The van der Waals surface area contributed by atoms with Crippen molar-refractivity contribution < 1.29 is 17.6 Å². The number of nitrogens with zero attached hydrogens (tertiary/aromatic N) is 5. The van der Waals surface area contributed by atoms with Gasteiger partial charge in [-0.25, -0.2) is 9.97 Å². The summed E-state index contributed by atoms with van der Waals surface area (Å²) in [6, 6.07) is 7.04. The van der Waals surface area contributed by atoms with Gasteiger partial charge in [-0.1, -0.05) is 0 Å². The average molecular weight is 332 g/mol. The normalized spacial score (nSPS) is 11.1. The Bertz CT molecular complexity index is 881. The highest BCUT2D eigenvalue weighted by molar-refractivity contribution is 5.56. The van der Waals surface area contributed by atoms with E-state index in [1.54, 1.807) is 6.07 Å². The van der Waals surface area contributed by atoms with E-state index in [-0.39, 0.29) is 23.2 Å². The summed E-state index contributed by atoms with van der Waals surface area (Å²) in [5.41, 5.74) is -0.191. The second-order valence-electron chi connectivity index (χ2n) is 4.50. The summed E-state index contributed by atoms with van der Waals surface area (Å²) in [7, 11) is 0. The van der Waals surface area contributed by atoms with Gasteiger partial charge in [-0.15, -0.1) is 10.2 Å². The lowest BCUT2D eigenvalue weighted by Gasteiger charge is -2.04. The third-order valence-electron chi connectivity index (χ3n) is 2.84. The molecule has 0 unspecified atom stereocenters. The van der Waals surface area contributed by atoms with Crippen molar-refractivity contribution in [2.45, 2.75) is 6.18 Å². The van der Waals surface area contributed by atoms with Gasteiger partial charge >= 0.3 is 6.18 Å². The van der Waals surface area contributed by atoms with Crippen LogP contribution < -0.4 is 5.32 Å². The fraction of sp³-hybridized carbons (Fsp3) is 0.0714. The zero-order chi connectivity index (χ0) is 17.2. The molecule has 0 aromatic carbocycles. The standard InChI is InChI=1S/C14H7F3N6O/c15-14(16,17)12-4-3-10(22-23-12)11-7-20-13(24-11)21-9-2-1-8(5-18)19-6-9/h1-4,6-7H,(H,20,21). The molecule has 10 heteroatoms. The van der Waals surface area contributed by atoms with Crippen LogP contribution in [0.25, 0.3) is 11.5 Å². The lowest BCUT2D eigenvalue weighted by atomic mass is 10.3. The zero-order valence-corrected chi connectivity index (χ0v) is 11.7. The number of aromatic nitrogens is 4. The first-order valence-corrected chi connectivity index (χ1v) is 6.46. The highest BCUT2D eigenvalue weighted by atomic mass is 19.4. The molecule has 0 saturated carbocycles. The number of rotatable bonds is 3. The summed E-state index contributed by atoms with van der Waals surface area (Å²) in [5, 5.41) is 18.1. The van der Waals surface area contributed by atoms with Crippen molar-refractivity contribution in [1.82, 2.24) is 20.2 Å². The lowest BCUT2D eigenvalue weighted by Crippen LogP contribution is -2.08. The molecular formula is C14H7F3N6O. The van der Waals surface area contributed by atoms with Crippen LogP contribution in [0.15, 0.2) is 41.1 Å². The molecule has 3 aromatic rings. The number of hydrogen-bond donors (Lipinski definition) is 1. The topological polar surface area (TPSA) is 101 Å². The van der Waals surface area contributed by atoms with Crippen LogP contribution >= 0.6 is 0 Å². The number of anilines is 2. The highest BCUT2D eigenvalue weighted by Gasteiger charge is 2.33. The molecule has 1 N–H and O–H groups in total. The van der Waals surface area contributed by atoms with Crippen LogP contribution in [0.5, 0.6) is 0 Å². The van der Waals surface area contributed by atoms with Crippen LogP contribution in [0.1, 0.15) is 11.4 Å². The number of oxazole rings is 1. The molecule has 3 rings (SSSR count). The molecule has 0 spiro atoms. The minimum atomic E-state index is -4.55. The van der Waals surface area contributed by atoms with E-state index in [0.29, 0.717) is 5.69 Å². The number of hydrogen-bond acceptors (Lipinski definition) is 7. The zero-order valence-electron chi connectivity index (χ0n) is 11.7. The van der Waals surface area contributed by atoms with E-state index in [0.717, 1.165) is 12.1 Å². The van der Waals surface area contributed by atoms with Crippen molar-refractivity contribution in [2.75, 3.05) is 5.32 Å². The van der Waals surface area contributed by atoms with Gasteiger partial charge < -0.3 is 9.73 Å². The minimum absolute atomic E-state index is 0.0956. The Morgan fingerprint density at radius 3 is 2.46 bits per heavy atom. The van der Waals surface area contributed by atoms with Crippen LogP contribution in [0.4, 0.5) is 24.9 Å². The maximum absolute atomic E-state index is 12.4. The van der Waals surface area contributed by atoms with E-state index in [1.807, 2.05) is 6.07 Å². The number of halogens is 3. The Kier molecular flexibility index (Phi) is 3.83. The van der Waals surface area contributed by atoms with E-state index in [1.165, 1.54) is 18.5 Å². The highest BCUT2D eigenvalue weighted by Crippen LogP contribution is 2.28. The SMILES string of the molecule is N#Cc1ccc(Nc2ncc(-c3ccc(C(F)(F)F)nn3)o2)cn1. The molecule has 0 aliphatic carbocycles. The summed E-state index contributed by atoms with van der Waals surface area (Å²) >= 11 is 0. The second-order valence-corrected chi connectivity index (χ2v) is 4.50. The Balaban J connectivity index is 1.76. The smallest absolute Gasteiger partial charge is 0.422 e. The summed E-state index contributed by atoms with van der Waals surface area (Å²) in [6.07, 6.45) is -1.83. The maximum atomic E-state index is 12.4. The Labute approximate surface area is 132 Å². The molecule has 24 heavy (non-hydrogen) atoms. The molecule has 7 nitrogen and oxygen atoms in total. The summed E-state index contributed by atoms with van der Waals surface area (Å²) in [5.74, 6) is 0.153. The molecule has 0 radical (unpaired) electrons. The summed E-state index contributed by atoms with van der Waals surface area (Å²) < 4.78 is 42.7. The Hall–Kier alpha value is -3.48. The van der Waals surface area contributed by atoms with E-state index < -0.39 is 11.9 Å².